The van der Waals surface area contributed by atoms with Gasteiger partial charge in [0, 0.05) is 18.4 Å². The largest absolute Gasteiger partial charge is 0.325 e. The summed E-state index contributed by atoms with van der Waals surface area (Å²) in [5.41, 5.74) is 1.22. The van der Waals surface area contributed by atoms with Crippen LogP contribution in [0.5, 0.6) is 0 Å². The van der Waals surface area contributed by atoms with Gasteiger partial charge >= 0.3 is 0 Å². The van der Waals surface area contributed by atoms with Crippen LogP contribution in [0.3, 0.4) is 0 Å². The number of aromatic nitrogens is 2. The van der Waals surface area contributed by atoms with Gasteiger partial charge in [0.2, 0.25) is 0 Å². The van der Waals surface area contributed by atoms with Gasteiger partial charge in [0.25, 0.3) is 0 Å². The Kier molecular flexibility index (Phi) is 4.24. The van der Waals surface area contributed by atoms with Crippen LogP contribution in [0, 0.1) is 11.6 Å². The summed E-state index contributed by atoms with van der Waals surface area (Å²) in [6, 6.07) is 3.44. The van der Waals surface area contributed by atoms with Gasteiger partial charge in [-0.25, -0.2) is 13.8 Å². The Hall–Kier alpha value is -1.07. The summed E-state index contributed by atoms with van der Waals surface area (Å²) in [5.74, 6) is -0.141. The zero-order valence-corrected chi connectivity index (χ0v) is 11.2. The first-order valence-corrected chi connectivity index (χ1v) is 6.77. The molecule has 1 aromatic heterocycles. The monoisotopic (exact) mass is 288 g/mol. The highest BCUT2D eigenvalue weighted by Crippen LogP contribution is 2.24. The van der Waals surface area contributed by atoms with Gasteiger partial charge in [0.1, 0.15) is 11.6 Å². The number of imidazole rings is 1. The number of hydrogen-bond donors (Lipinski definition) is 0. The van der Waals surface area contributed by atoms with Crippen molar-refractivity contribution < 1.29 is 8.78 Å². The first-order valence-electron chi connectivity index (χ1n) is 5.25. The molecule has 0 aliphatic rings. The minimum atomic E-state index is -0.437. The van der Waals surface area contributed by atoms with E-state index in [1.165, 1.54) is 17.8 Å². The molecule has 2 nitrogen and oxygen atoms in total. The van der Waals surface area contributed by atoms with Crippen molar-refractivity contribution in [3.63, 3.8) is 0 Å². The average molecular weight is 289 g/mol. The maximum Gasteiger partial charge on any atom is 0.168 e. The van der Waals surface area contributed by atoms with Gasteiger partial charge in [0.05, 0.1) is 17.8 Å². The molecule has 1 heterocycles. The fourth-order valence-corrected chi connectivity index (χ4v) is 2.67. The molecule has 2 aromatic rings. The second-order valence-corrected chi connectivity index (χ2v) is 4.96. The van der Waals surface area contributed by atoms with Crippen molar-refractivity contribution in [1.29, 1.82) is 0 Å². The third-order valence-electron chi connectivity index (χ3n) is 2.54. The summed E-state index contributed by atoms with van der Waals surface area (Å²) < 4.78 is 28.3. The van der Waals surface area contributed by atoms with Crippen LogP contribution in [0.15, 0.2) is 29.6 Å². The molecule has 0 aliphatic carbocycles. The van der Waals surface area contributed by atoms with Gasteiger partial charge in [0.15, 0.2) is 5.16 Å². The zero-order chi connectivity index (χ0) is 13.1. The fraction of sp³-hybridized carbons (Fsp3) is 0.250. The second kappa shape index (κ2) is 5.71. The normalized spacial score (nSPS) is 10.9. The number of rotatable bonds is 4. The summed E-state index contributed by atoms with van der Waals surface area (Å²) >= 11 is 7.07. The Bertz CT molecular complexity index is 557. The summed E-state index contributed by atoms with van der Waals surface area (Å²) in [6.45, 7) is 0. The molecule has 0 fully saturated rings. The van der Waals surface area contributed by atoms with E-state index in [0.717, 1.165) is 23.0 Å². The SMILES string of the molecule is Cn1c(CCl)cnc1SCc1cc(F)ccc1F. The lowest BCUT2D eigenvalue weighted by Gasteiger charge is -2.05. The maximum absolute atomic E-state index is 13.4. The molecule has 0 amide bonds. The zero-order valence-electron chi connectivity index (χ0n) is 9.66. The van der Waals surface area contributed by atoms with E-state index in [0.29, 0.717) is 17.2 Å². The van der Waals surface area contributed by atoms with Crippen molar-refractivity contribution in [2.75, 3.05) is 0 Å². The summed E-state index contributed by atoms with van der Waals surface area (Å²) in [4.78, 5) is 4.18. The molecule has 0 spiro atoms. The van der Waals surface area contributed by atoms with Crippen molar-refractivity contribution in [3.8, 4) is 0 Å². The van der Waals surface area contributed by atoms with Gasteiger partial charge < -0.3 is 4.57 Å². The molecule has 0 saturated heterocycles. The van der Waals surface area contributed by atoms with Crippen LogP contribution in [0.1, 0.15) is 11.3 Å². The van der Waals surface area contributed by atoms with Crippen molar-refractivity contribution in [1.82, 2.24) is 9.55 Å². The Morgan fingerprint density at radius 3 is 2.83 bits per heavy atom. The molecule has 0 saturated carbocycles. The predicted octanol–water partition coefficient (Wildman–Crippen LogP) is 3.73. The number of nitrogens with zero attached hydrogens (tertiary/aromatic N) is 2. The molecule has 6 heteroatoms. The summed E-state index contributed by atoms with van der Waals surface area (Å²) in [5, 5.41) is 0.731. The average Bonchev–Trinajstić information content (AvgIpc) is 2.71. The topological polar surface area (TPSA) is 17.8 Å². The lowest BCUT2D eigenvalue weighted by Crippen LogP contribution is -1.96. The van der Waals surface area contributed by atoms with E-state index in [-0.39, 0.29) is 0 Å². The minimum absolute atomic E-state index is 0.329. The number of benzene rings is 1. The van der Waals surface area contributed by atoms with E-state index >= 15 is 0 Å². The molecular formula is C12H11ClF2N2S. The van der Waals surface area contributed by atoms with Gasteiger partial charge in [-0.1, -0.05) is 11.8 Å². The molecule has 96 valence electrons. The van der Waals surface area contributed by atoms with Crippen LogP contribution in [-0.4, -0.2) is 9.55 Å². The van der Waals surface area contributed by atoms with E-state index < -0.39 is 11.6 Å². The lowest BCUT2D eigenvalue weighted by atomic mass is 10.2. The van der Waals surface area contributed by atoms with Crippen LogP contribution >= 0.6 is 23.4 Å². The number of hydrogen-bond acceptors (Lipinski definition) is 2. The van der Waals surface area contributed by atoms with E-state index in [2.05, 4.69) is 4.98 Å². The standard InChI is InChI=1S/C12H11ClF2N2S/c1-17-10(5-13)6-16-12(17)18-7-8-4-9(14)2-3-11(8)15/h2-4,6H,5,7H2,1H3. The lowest BCUT2D eigenvalue weighted by molar-refractivity contribution is 0.591. The highest BCUT2D eigenvalue weighted by molar-refractivity contribution is 7.98. The predicted molar refractivity (Wildman–Crippen MR) is 68.7 cm³/mol. The molecule has 1 aromatic carbocycles. The van der Waals surface area contributed by atoms with Crippen LogP contribution < -0.4 is 0 Å². The number of halogens is 3. The Morgan fingerprint density at radius 2 is 2.17 bits per heavy atom. The molecule has 0 aliphatic heterocycles. The first-order chi connectivity index (χ1) is 8.61. The Labute approximate surface area is 113 Å². The Balaban J connectivity index is 2.11. The minimum Gasteiger partial charge on any atom is -0.325 e. The molecule has 18 heavy (non-hydrogen) atoms. The molecule has 2 rings (SSSR count). The Morgan fingerprint density at radius 1 is 1.39 bits per heavy atom. The highest BCUT2D eigenvalue weighted by atomic mass is 35.5. The quantitative estimate of drug-likeness (QED) is 0.630. The van der Waals surface area contributed by atoms with Crippen LogP contribution in [0.4, 0.5) is 8.78 Å². The summed E-state index contributed by atoms with van der Waals surface area (Å²) in [7, 11) is 1.84. The molecule has 0 bridgehead atoms. The molecule has 0 unspecified atom stereocenters. The van der Waals surface area contributed by atoms with Gasteiger partial charge in [-0.2, -0.15) is 0 Å². The molecular weight excluding hydrogens is 278 g/mol. The highest BCUT2D eigenvalue weighted by Gasteiger charge is 2.09. The van der Waals surface area contributed by atoms with Crippen LogP contribution in [-0.2, 0) is 18.7 Å². The van der Waals surface area contributed by atoms with E-state index in [1.807, 2.05) is 11.6 Å². The number of alkyl halides is 1. The van der Waals surface area contributed by atoms with Gasteiger partial charge in [-0.15, -0.1) is 11.6 Å². The van der Waals surface area contributed by atoms with Crippen molar-refractivity contribution >= 4 is 23.4 Å². The molecule has 0 radical (unpaired) electrons. The smallest absolute Gasteiger partial charge is 0.168 e. The van der Waals surface area contributed by atoms with E-state index in [9.17, 15) is 8.78 Å². The fourth-order valence-electron chi connectivity index (χ4n) is 1.48. The molecule has 0 atom stereocenters. The second-order valence-electron chi connectivity index (χ2n) is 3.75. The van der Waals surface area contributed by atoms with E-state index in [1.54, 1.807) is 6.20 Å². The van der Waals surface area contributed by atoms with Crippen molar-refractivity contribution in [3.05, 3.63) is 47.3 Å². The van der Waals surface area contributed by atoms with Crippen LogP contribution in [0.25, 0.3) is 0 Å². The maximum atomic E-state index is 13.4. The third kappa shape index (κ3) is 2.84. The summed E-state index contributed by atoms with van der Waals surface area (Å²) in [6.07, 6.45) is 1.68. The van der Waals surface area contributed by atoms with Crippen molar-refractivity contribution in [2.24, 2.45) is 7.05 Å². The van der Waals surface area contributed by atoms with Crippen LogP contribution in [0.2, 0.25) is 0 Å². The third-order valence-corrected chi connectivity index (χ3v) is 3.91. The first kappa shape index (κ1) is 13.4. The van der Waals surface area contributed by atoms with Gasteiger partial charge in [-0.05, 0) is 18.2 Å². The van der Waals surface area contributed by atoms with E-state index in [4.69, 9.17) is 11.6 Å². The van der Waals surface area contributed by atoms with Crippen molar-refractivity contribution in [2.45, 2.75) is 16.8 Å². The van der Waals surface area contributed by atoms with Gasteiger partial charge in [-0.3, -0.25) is 0 Å². The number of thioether (sulfide) groups is 1. The molecule has 0 N–H and O–H groups in total.